The molecule has 0 aliphatic carbocycles. The highest BCUT2D eigenvalue weighted by atomic mass is 35.5. The van der Waals surface area contributed by atoms with Gasteiger partial charge in [-0.15, -0.1) is 0 Å². The first kappa shape index (κ1) is 15.8. The fourth-order valence-electron chi connectivity index (χ4n) is 2.24. The van der Waals surface area contributed by atoms with Crippen LogP contribution in [0.3, 0.4) is 0 Å². The summed E-state index contributed by atoms with van der Waals surface area (Å²) in [4.78, 5) is 21.7. The Balaban J connectivity index is 2.11. The van der Waals surface area contributed by atoms with Crippen molar-refractivity contribution >= 4 is 33.5 Å². The maximum Gasteiger partial charge on any atom is 0.353 e. The van der Waals surface area contributed by atoms with Crippen LogP contribution in [0.15, 0.2) is 34.0 Å². The van der Waals surface area contributed by atoms with E-state index in [1.165, 1.54) is 28.8 Å². The lowest BCUT2D eigenvalue weighted by atomic mass is 10.4. The van der Waals surface area contributed by atoms with Crippen LogP contribution in [-0.2, 0) is 16.6 Å². The minimum Gasteiger partial charge on any atom is -0.347 e. The second-order valence-corrected chi connectivity index (χ2v) is 7.48. The fraction of sp³-hybridized carbons (Fsp3) is 0.308. The Morgan fingerprint density at radius 2 is 1.78 bits per heavy atom. The highest BCUT2D eigenvalue weighted by molar-refractivity contribution is 7.92. The van der Waals surface area contributed by atoms with Gasteiger partial charge in [0, 0.05) is 25.7 Å². The fourth-order valence-corrected chi connectivity index (χ4v) is 3.78. The predicted molar refractivity (Wildman–Crippen MR) is 86.6 cm³/mol. The van der Waals surface area contributed by atoms with Crippen molar-refractivity contribution in [3.8, 4) is 0 Å². The first-order chi connectivity index (χ1) is 10.8. The van der Waals surface area contributed by atoms with Gasteiger partial charge in [0.15, 0.2) is 0 Å². The van der Waals surface area contributed by atoms with E-state index in [9.17, 15) is 13.2 Å². The average Bonchev–Trinajstić information content (AvgIpc) is 2.92. The molecule has 0 saturated heterocycles. The summed E-state index contributed by atoms with van der Waals surface area (Å²) in [6, 6.07) is 5.85. The number of hydrogen-bond donors (Lipinski definition) is 0. The second-order valence-electron chi connectivity index (χ2n) is 5.18. The molecule has 0 radical (unpaired) electrons. The molecule has 10 heteroatoms. The molecule has 1 aliphatic rings. The summed E-state index contributed by atoms with van der Waals surface area (Å²) in [6.45, 7) is 0.348. The number of anilines is 2. The van der Waals surface area contributed by atoms with Gasteiger partial charge in [-0.1, -0.05) is 11.6 Å². The highest BCUT2D eigenvalue weighted by Gasteiger charge is 2.34. The minimum atomic E-state index is -3.82. The maximum atomic E-state index is 12.8. The molecule has 2 heterocycles. The molecule has 1 aromatic heterocycles. The van der Waals surface area contributed by atoms with Crippen LogP contribution < -0.4 is 14.9 Å². The van der Waals surface area contributed by atoms with Crippen LogP contribution in [0.4, 0.5) is 11.9 Å². The lowest BCUT2D eigenvalue weighted by molar-refractivity contribution is 0.592. The molecule has 2 aromatic rings. The zero-order valence-corrected chi connectivity index (χ0v) is 14.0. The summed E-state index contributed by atoms with van der Waals surface area (Å²) in [6.07, 6.45) is 0. The summed E-state index contributed by atoms with van der Waals surface area (Å²) >= 11 is 5.80. The number of aromatic nitrogens is 3. The maximum absolute atomic E-state index is 12.8. The van der Waals surface area contributed by atoms with Crippen molar-refractivity contribution in [2.45, 2.75) is 11.4 Å². The quantitative estimate of drug-likeness (QED) is 0.799. The van der Waals surface area contributed by atoms with E-state index in [1.807, 2.05) is 0 Å². The first-order valence-corrected chi connectivity index (χ1v) is 8.57. The number of fused-ring (bicyclic) bond motifs is 1. The molecule has 0 fully saturated rings. The first-order valence-electron chi connectivity index (χ1n) is 6.75. The summed E-state index contributed by atoms with van der Waals surface area (Å²) in [5, 5.41) is 0.444. The lowest BCUT2D eigenvalue weighted by Gasteiger charge is -2.18. The van der Waals surface area contributed by atoms with Crippen LogP contribution in [0.5, 0.6) is 0 Å². The van der Waals surface area contributed by atoms with E-state index >= 15 is 0 Å². The van der Waals surface area contributed by atoms with E-state index in [2.05, 4.69) is 9.97 Å². The average molecular weight is 356 g/mol. The van der Waals surface area contributed by atoms with Crippen molar-refractivity contribution in [1.82, 2.24) is 14.5 Å². The van der Waals surface area contributed by atoms with Gasteiger partial charge in [0.1, 0.15) is 0 Å². The van der Waals surface area contributed by atoms with Gasteiger partial charge in [-0.25, -0.2) is 17.5 Å². The molecule has 1 aliphatic heterocycles. The van der Waals surface area contributed by atoms with Crippen LogP contribution >= 0.6 is 11.6 Å². The van der Waals surface area contributed by atoms with Gasteiger partial charge in [-0.2, -0.15) is 9.97 Å². The molecule has 8 nitrogen and oxygen atoms in total. The van der Waals surface area contributed by atoms with Crippen LogP contribution in [0, 0.1) is 0 Å². The van der Waals surface area contributed by atoms with Gasteiger partial charge in [0.2, 0.25) is 11.9 Å². The Kier molecular flexibility index (Phi) is 3.77. The van der Waals surface area contributed by atoms with Crippen LogP contribution in [0.1, 0.15) is 0 Å². The second kappa shape index (κ2) is 5.50. The van der Waals surface area contributed by atoms with Crippen molar-refractivity contribution in [2.24, 2.45) is 0 Å². The van der Waals surface area contributed by atoms with Crippen molar-refractivity contribution in [3.63, 3.8) is 0 Å². The van der Waals surface area contributed by atoms with E-state index in [1.54, 1.807) is 19.0 Å². The molecule has 0 unspecified atom stereocenters. The van der Waals surface area contributed by atoms with Gasteiger partial charge in [-0.05, 0) is 24.3 Å². The Hall–Kier alpha value is -2.13. The molecule has 0 amide bonds. The number of halogens is 1. The van der Waals surface area contributed by atoms with Gasteiger partial charge in [0.05, 0.1) is 11.4 Å². The third kappa shape index (κ3) is 2.66. The van der Waals surface area contributed by atoms with Crippen LogP contribution in [0.2, 0.25) is 5.02 Å². The van der Waals surface area contributed by atoms with Crippen molar-refractivity contribution in [2.75, 3.05) is 29.8 Å². The standard InChI is InChI=1S/C13H14ClN5O3S/c1-17(2)11-15-12-18(13(20)16-11)7-8-19(12)23(21,22)10-5-3-9(14)4-6-10/h3-6H,7-8H2,1-2H3. The molecule has 23 heavy (non-hydrogen) atoms. The molecule has 3 rings (SSSR count). The van der Waals surface area contributed by atoms with E-state index in [-0.39, 0.29) is 29.9 Å². The Bertz CT molecular complexity index is 908. The lowest BCUT2D eigenvalue weighted by Crippen LogP contribution is -2.32. The monoisotopic (exact) mass is 355 g/mol. The zero-order chi connectivity index (χ0) is 16.8. The van der Waals surface area contributed by atoms with Crippen molar-refractivity contribution < 1.29 is 8.42 Å². The van der Waals surface area contributed by atoms with Gasteiger partial charge < -0.3 is 4.90 Å². The van der Waals surface area contributed by atoms with Crippen LogP contribution in [-0.4, -0.2) is 43.6 Å². The van der Waals surface area contributed by atoms with Gasteiger partial charge in [0.25, 0.3) is 10.0 Å². The Morgan fingerprint density at radius 1 is 1.13 bits per heavy atom. The number of hydrogen-bond acceptors (Lipinski definition) is 6. The van der Waals surface area contributed by atoms with E-state index in [4.69, 9.17) is 11.6 Å². The molecule has 0 bridgehead atoms. The minimum absolute atomic E-state index is 0.0728. The smallest absolute Gasteiger partial charge is 0.347 e. The number of benzene rings is 1. The highest BCUT2D eigenvalue weighted by Crippen LogP contribution is 2.26. The molecule has 1 aromatic carbocycles. The predicted octanol–water partition coefficient (Wildman–Crippen LogP) is 0.567. The van der Waals surface area contributed by atoms with Crippen molar-refractivity contribution in [1.29, 1.82) is 0 Å². The molecule has 0 atom stereocenters. The molecule has 0 spiro atoms. The number of sulfonamides is 1. The summed E-state index contributed by atoms with van der Waals surface area (Å²) in [5.74, 6) is 0.239. The molecular weight excluding hydrogens is 342 g/mol. The molecule has 122 valence electrons. The normalized spacial score (nSPS) is 14.0. The van der Waals surface area contributed by atoms with Gasteiger partial charge in [-0.3, -0.25) is 4.57 Å². The molecule has 0 N–H and O–H groups in total. The summed E-state index contributed by atoms with van der Waals surface area (Å²) < 4.78 is 28.0. The molecule has 0 saturated carbocycles. The SMILES string of the molecule is CN(C)c1nc2n(c(=O)n1)CCN2S(=O)(=O)c1ccc(Cl)cc1. The summed E-state index contributed by atoms with van der Waals surface area (Å²) in [5.41, 5.74) is -0.521. The number of rotatable bonds is 3. The largest absolute Gasteiger partial charge is 0.353 e. The van der Waals surface area contributed by atoms with E-state index in [0.29, 0.717) is 5.02 Å². The van der Waals surface area contributed by atoms with E-state index in [0.717, 1.165) is 4.31 Å². The Morgan fingerprint density at radius 3 is 2.39 bits per heavy atom. The Labute approximate surface area is 138 Å². The molecular formula is C13H14ClN5O3S. The topological polar surface area (TPSA) is 88.4 Å². The third-order valence-electron chi connectivity index (χ3n) is 3.42. The van der Waals surface area contributed by atoms with Gasteiger partial charge >= 0.3 is 5.69 Å². The van der Waals surface area contributed by atoms with Crippen LogP contribution in [0.25, 0.3) is 0 Å². The summed E-state index contributed by atoms with van der Waals surface area (Å²) in [7, 11) is -0.463. The third-order valence-corrected chi connectivity index (χ3v) is 5.47. The van der Waals surface area contributed by atoms with Crippen molar-refractivity contribution in [3.05, 3.63) is 39.8 Å². The number of nitrogens with zero attached hydrogens (tertiary/aromatic N) is 5. The zero-order valence-electron chi connectivity index (χ0n) is 12.5. The van der Waals surface area contributed by atoms with E-state index < -0.39 is 15.7 Å².